The number of hydrogen-bond donors (Lipinski definition) is 2. The van der Waals surface area contributed by atoms with E-state index in [9.17, 15) is 9.59 Å². The first-order valence-electron chi connectivity index (χ1n) is 7.34. The monoisotopic (exact) mass is 293 g/mol. The molecule has 0 aromatic carbocycles. The van der Waals surface area contributed by atoms with Crippen LogP contribution < -0.4 is 5.32 Å². The molecule has 2 amide bonds. The normalized spacial score (nSPS) is 17.2. The third kappa shape index (κ3) is 3.41. The van der Waals surface area contributed by atoms with E-state index in [1.807, 2.05) is 13.8 Å². The molecule has 21 heavy (non-hydrogen) atoms. The number of aromatic amines is 1. The van der Waals surface area contributed by atoms with E-state index >= 15 is 0 Å². The lowest BCUT2D eigenvalue weighted by molar-refractivity contribution is -0.140. The lowest BCUT2D eigenvalue weighted by atomic mass is 10.0. The molecule has 2 heterocycles. The molecule has 0 aliphatic carbocycles. The third-order valence-electron chi connectivity index (χ3n) is 3.89. The minimum Gasteiger partial charge on any atom is -0.347 e. The number of aromatic nitrogens is 2. The van der Waals surface area contributed by atoms with Gasteiger partial charge in [-0.2, -0.15) is 0 Å². The molecule has 1 aromatic heterocycles. The molecule has 2 rings (SSSR count). The Morgan fingerprint density at radius 1 is 1.38 bits per heavy atom. The van der Waals surface area contributed by atoms with Crippen molar-refractivity contribution in [2.45, 2.75) is 32.9 Å². The zero-order valence-electron chi connectivity index (χ0n) is 12.8. The van der Waals surface area contributed by atoms with Crippen LogP contribution in [0.1, 0.15) is 25.2 Å². The summed E-state index contributed by atoms with van der Waals surface area (Å²) in [6, 6.07) is -0.310. The molecule has 0 saturated carbocycles. The molecule has 0 spiro atoms. The molecule has 1 aromatic rings. The van der Waals surface area contributed by atoms with Gasteiger partial charge in [-0.3, -0.25) is 14.9 Å². The number of fused-ring (bicyclic) bond motifs is 1. The molecule has 0 fully saturated rings. The Morgan fingerprint density at radius 3 is 2.76 bits per heavy atom. The Kier molecular flexibility index (Phi) is 4.95. The van der Waals surface area contributed by atoms with Gasteiger partial charge in [-0.15, -0.1) is 0 Å². The highest BCUT2D eigenvalue weighted by atomic mass is 16.2. The number of H-pyrrole nitrogens is 1. The largest absolute Gasteiger partial charge is 0.347 e. The summed E-state index contributed by atoms with van der Waals surface area (Å²) in [5.74, 6) is -0.0868. The van der Waals surface area contributed by atoms with E-state index in [4.69, 9.17) is 0 Å². The molecule has 0 saturated heterocycles. The van der Waals surface area contributed by atoms with Crippen molar-refractivity contribution in [1.29, 1.82) is 0 Å². The molecule has 0 bridgehead atoms. The van der Waals surface area contributed by atoms with Crippen molar-refractivity contribution in [1.82, 2.24) is 25.1 Å². The van der Waals surface area contributed by atoms with Crippen LogP contribution in [0.2, 0.25) is 0 Å². The number of amides is 2. The lowest BCUT2D eigenvalue weighted by Gasteiger charge is -2.28. The second kappa shape index (κ2) is 6.71. The van der Waals surface area contributed by atoms with Crippen molar-refractivity contribution in [2.24, 2.45) is 0 Å². The maximum Gasteiger partial charge on any atom is 0.242 e. The van der Waals surface area contributed by atoms with Crippen molar-refractivity contribution in [3.63, 3.8) is 0 Å². The molecular weight excluding hydrogens is 270 g/mol. The number of nitrogens with zero attached hydrogens (tertiary/aromatic N) is 3. The highest BCUT2D eigenvalue weighted by Crippen LogP contribution is 2.13. The third-order valence-corrected chi connectivity index (χ3v) is 3.89. The predicted octanol–water partition coefficient (Wildman–Crippen LogP) is -0.249. The van der Waals surface area contributed by atoms with Gasteiger partial charge in [0.15, 0.2) is 0 Å². The molecule has 1 atom stereocenters. The van der Waals surface area contributed by atoms with Gasteiger partial charge < -0.3 is 14.8 Å². The van der Waals surface area contributed by atoms with E-state index in [2.05, 4.69) is 15.3 Å². The van der Waals surface area contributed by atoms with Gasteiger partial charge in [-0.25, -0.2) is 4.98 Å². The van der Waals surface area contributed by atoms with Gasteiger partial charge in [0.25, 0.3) is 0 Å². The summed E-state index contributed by atoms with van der Waals surface area (Å²) in [6.07, 6.45) is 2.20. The predicted molar refractivity (Wildman–Crippen MR) is 78.5 cm³/mol. The van der Waals surface area contributed by atoms with E-state index < -0.39 is 0 Å². The molecule has 1 aliphatic heterocycles. The highest BCUT2D eigenvalue weighted by Gasteiger charge is 2.29. The van der Waals surface area contributed by atoms with E-state index in [1.54, 1.807) is 18.3 Å². The molecule has 116 valence electrons. The van der Waals surface area contributed by atoms with E-state index in [-0.39, 0.29) is 24.4 Å². The van der Waals surface area contributed by atoms with Gasteiger partial charge in [0.1, 0.15) is 0 Å². The summed E-state index contributed by atoms with van der Waals surface area (Å²) < 4.78 is 0. The van der Waals surface area contributed by atoms with Gasteiger partial charge in [0.2, 0.25) is 11.8 Å². The average Bonchev–Trinajstić information content (AvgIpc) is 2.94. The number of carbonyl (C=O) groups excluding carboxylic acids is 2. The molecule has 0 radical (unpaired) electrons. The van der Waals surface area contributed by atoms with Crippen LogP contribution in [-0.2, 0) is 22.6 Å². The van der Waals surface area contributed by atoms with Crippen molar-refractivity contribution in [3.8, 4) is 0 Å². The number of hydrogen-bond acceptors (Lipinski definition) is 4. The molecule has 1 aliphatic rings. The van der Waals surface area contributed by atoms with Crippen LogP contribution in [0.15, 0.2) is 6.33 Å². The number of imidazole rings is 1. The van der Waals surface area contributed by atoms with E-state index in [0.717, 1.165) is 11.4 Å². The highest BCUT2D eigenvalue weighted by molar-refractivity contribution is 5.87. The zero-order chi connectivity index (χ0) is 15.4. The van der Waals surface area contributed by atoms with E-state index in [1.165, 1.54) is 4.90 Å². The van der Waals surface area contributed by atoms with Crippen molar-refractivity contribution >= 4 is 11.8 Å². The quantitative estimate of drug-likeness (QED) is 0.784. The standard InChI is InChI=1S/C14H23N5O2/c1-4-19(5-2)13(20)8-18(3)14(21)11-6-10-12(7-15-11)17-9-16-10/h9,11,15H,4-8H2,1-3H3,(H,16,17). The number of likely N-dealkylation sites (N-methyl/N-ethyl adjacent to an activating group) is 2. The van der Waals surface area contributed by atoms with Gasteiger partial charge in [0, 0.05) is 33.1 Å². The smallest absolute Gasteiger partial charge is 0.242 e. The van der Waals surface area contributed by atoms with Crippen LogP contribution in [0.4, 0.5) is 0 Å². The number of carbonyl (C=O) groups is 2. The Balaban J connectivity index is 1.93. The van der Waals surface area contributed by atoms with E-state index in [0.29, 0.717) is 26.1 Å². The molecule has 2 N–H and O–H groups in total. The summed E-state index contributed by atoms with van der Waals surface area (Å²) in [5, 5.41) is 3.19. The van der Waals surface area contributed by atoms with Gasteiger partial charge >= 0.3 is 0 Å². The van der Waals surface area contributed by atoms with Crippen LogP contribution in [0, 0.1) is 0 Å². The summed E-state index contributed by atoms with van der Waals surface area (Å²) in [6.45, 7) is 5.91. The second-order valence-corrected chi connectivity index (χ2v) is 5.23. The molecule has 7 heteroatoms. The van der Waals surface area contributed by atoms with Crippen LogP contribution in [-0.4, -0.2) is 64.3 Å². The number of rotatable bonds is 5. The molecule has 1 unspecified atom stereocenters. The minimum atomic E-state index is -0.310. The summed E-state index contributed by atoms with van der Waals surface area (Å²) >= 11 is 0. The Bertz CT molecular complexity index is 509. The maximum absolute atomic E-state index is 12.4. The SMILES string of the molecule is CCN(CC)C(=O)CN(C)C(=O)C1Cc2nc[nH]c2CN1. The zero-order valence-corrected chi connectivity index (χ0v) is 12.8. The molecule has 7 nitrogen and oxygen atoms in total. The summed E-state index contributed by atoms with van der Waals surface area (Å²) in [5.41, 5.74) is 1.96. The van der Waals surface area contributed by atoms with Crippen molar-refractivity contribution in [3.05, 3.63) is 17.7 Å². The Hall–Kier alpha value is -1.89. The first-order chi connectivity index (χ1) is 10.1. The lowest BCUT2D eigenvalue weighted by Crippen LogP contribution is -2.50. The van der Waals surface area contributed by atoms with Gasteiger partial charge in [0.05, 0.1) is 30.3 Å². The van der Waals surface area contributed by atoms with Crippen molar-refractivity contribution in [2.75, 3.05) is 26.7 Å². The Morgan fingerprint density at radius 2 is 2.10 bits per heavy atom. The fraction of sp³-hybridized carbons (Fsp3) is 0.643. The minimum absolute atomic E-state index is 0.0212. The first kappa shape index (κ1) is 15.5. The Labute approximate surface area is 124 Å². The maximum atomic E-state index is 12.4. The van der Waals surface area contributed by atoms with Crippen LogP contribution in [0.5, 0.6) is 0 Å². The molecular formula is C14H23N5O2. The summed E-state index contributed by atoms with van der Waals surface area (Å²) in [4.78, 5) is 35.0. The topological polar surface area (TPSA) is 81.3 Å². The van der Waals surface area contributed by atoms with Crippen LogP contribution >= 0.6 is 0 Å². The van der Waals surface area contributed by atoms with Crippen LogP contribution in [0.25, 0.3) is 0 Å². The summed E-state index contributed by atoms with van der Waals surface area (Å²) in [7, 11) is 1.67. The average molecular weight is 293 g/mol. The number of nitrogens with one attached hydrogen (secondary N) is 2. The fourth-order valence-corrected chi connectivity index (χ4v) is 2.57. The van der Waals surface area contributed by atoms with Crippen molar-refractivity contribution < 1.29 is 9.59 Å². The van der Waals surface area contributed by atoms with Gasteiger partial charge in [-0.05, 0) is 13.8 Å². The fourth-order valence-electron chi connectivity index (χ4n) is 2.57. The first-order valence-corrected chi connectivity index (χ1v) is 7.34. The van der Waals surface area contributed by atoms with Crippen LogP contribution in [0.3, 0.4) is 0 Å². The second-order valence-electron chi connectivity index (χ2n) is 5.23. The van der Waals surface area contributed by atoms with Gasteiger partial charge in [-0.1, -0.05) is 0 Å².